The first-order valence-corrected chi connectivity index (χ1v) is 9.09. The highest BCUT2D eigenvalue weighted by Gasteiger charge is 2.20. The van der Waals surface area contributed by atoms with Gasteiger partial charge in [-0.3, -0.25) is 0 Å². The molecule has 23 heavy (non-hydrogen) atoms. The molecule has 0 saturated heterocycles. The first kappa shape index (κ1) is 16.1. The lowest BCUT2D eigenvalue weighted by atomic mass is 10.2. The van der Waals surface area contributed by atoms with Crippen LogP contribution in [0.15, 0.2) is 59.0 Å². The summed E-state index contributed by atoms with van der Waals surface area (Å²) in [6.07, 6.45) is 0. The Labute approximate surface area is 140 Å². The fourth-order valence-corrected chi connectivity index (χ4v) is 3.62. The Kier molecular flexibility index (Phi) is 4.43. The molecule has 0 fully saturated rings. The number of para-hydroxylation sites is 1. The minimum absolute atomic E-state index is 0.0686. The molecular formula is C17H16ClNO3S. The maximum Gasteiger partial charge on any atom is 0.218 e. The van der Waals surface area contributed by atoms with Gasteiger partial charge >= 0.3 is 0 Å². The van der Waals surface area contributed by atoms with Gasteiger partial charge in [0, 0.05) is 17.5 Å². The van der Waals surface area contributed by atoms with Crippen molar-refractivity contribution in [3.05, 3.63) is 70.9 Å². The molecule has 3 rings (SSSR count). The molecule has 4 nitrogen and oxygen atoms in total. The van der Waals surface area contributed by atoms with Gasteiger partial charge in [0.15, 0.2) is 0 Å². The summed E-state index contributed by atoms with van der Waals surface area (Å²) >= 11 is 5.82. The summed E-state index contributed by atoms with van der Waals surface area (Å²) in [6.45, 7) is 0.199. The zero-order valence-corrected chi connectivity index (χ0v) is 14.1. The molecule has 0 unspecified atom stereocenters. The van der Waals surface area contributed by atoms with E-state index in [-0.39, 0.29) is 12.3 Å². The standard InChI is InChI=1S/C17H16ClNO3S/c1-19(11-16-10-14-4-2-3-5-17(14)22-16)23(20,21)12-13-6-8-15(18)9-7-13/h2-10H,11-12H2,1H3. The maximum atomic E-state index is 12.5. The van der Waals surface area contributed by atoms with E-state index in [0.29, 0.717) is 16.3 Å². The summed E-state index contributed by atoms with van der Waals surface area (Å²) < 4.78 is 31.9. The van der Waals surface area contributed by atoms with E-state index < -0.39 is 10.0 Å². The zero-order valence-electron chi connectivity index (χ0n) is 12.6. The molecule has 0 aliphatic carbocycles. The van der Waals surface area contributed by atoms with Crippen molar-refractivity contribution in [1.82, 2.24) is 4.31 Å². The van der Waals surface area contributed by atoms with Crippen LogP contribution in [0.4, 0.5) is 0 Å². The van der Waals surface area contributed by atoms with Crippen molar-refractivity contribution < 1.29 is 12.8 Å². The van der Waals surface area contributed by atoms with E-state index in [4.69, 9.17) is 16.0 Å². The van der Waals surface area contributed by atoms with Gasteiger partial charge in [0.05, 0.1) is 12.3 Å². The summed E-state index contributed by atoms with van der Waals surface area (Å²) in [5.74, 6) is 0.550. The fraction of sp³-hybridized carbons (Fsp3) is 0.176. The molecular weight excluding hydrogens is 334 g/mol. The van der Waals surface area contributed by atoms with Crippen LogP contribution in [0, 0.1) is 0 Å². The lowest BCUT2D eigenvalue weighted by Gasteiger charge is -2.15. The number of halogens is 1. The van der Waals surface area contributed by atoms with Crippen molar-refractivity contribution in [2.24, 2.45) is 0 Å². The predicted molar refractivity (Wildman–Crippen MR) is 91.8 cm³/mol. The number of rotatable bonds is 5. The van der Waals surface area contributed by atoms with Crippen molar-refractivity contribution in [2.45, 2.75) is 12.3 Å². The molecule has 1 heterocycles. The van der Waals surface area contributed by atoms with Crippen LogP contribution < -0.4 is 0 Å². The summed E-state index contributed by atoms with van der Waals surface area (Å²) in [5.41, 5.74) is 1.46. The Morgan fingerprint density at radius 3 is 2.48 bits per heavy atom. The van der Waals surface area contributed by atoms with E-state index >= 15 is 0 Å². The molecule has 0 N–H and O–H groups in total. The highest BCUT2D eigenvalue weighted by molar-refractivity contribution is 7.88. The van der Waals surface area contributed by atoms with Crippen molar-refractivity contribution in [3.63, 3.8) is 0 Å². The van der Waals surface area contributed by atoms with Gasteiger partial charge in [-0.05, 0) is 29.8 Å². The minimum atomic E-state index is -3.43. The van der Waals surface area contributed by atoms with E-state index in [1.807, 2.05) is 30.3 Å². The number of fused-ring (bicyclic) bond motifs is 1. The van der Waals surface area contributed by atoms with Crippen LogP contribution in [0.2, 0.25) is 5.02 Å². The first-order valence-electron chi connectivity index (χ1n) is 7.10. The summed E-state index contributed by atoms with van der Waals surface area (Å²) in [5, 5.41) is 1.55. The monoisotopic (exact) mass is 349 g/mol. The largest absolute Gasteiger partial charge is 0.460 e. The second kappa shape index (κ2) is 6.35. The van der Waals surface area contributed by atoms with Gasteiger partial charge in [0.2, 0.25) is 10.0 Å². The van der Waals surface area contributed by atoms with Crippen molar-refractivity contribution in [1.29, 1.82) is 0 Å². The highest BCUT2D eigenvalue weighted by atomic mass is 35.5. The molecule has 0 saturated carbocycles. The third-order valence-electron chi connectivity index (χ3n) is 3.59. The molecule has 120 valence electrons. The second-order valence-corrected chi connectivity index (χ2v) is 7.90. The zero-order chi connectivity index (χ0) is 16.4. The quantitative estimate of drug-likeness (QED) is 0.698. The Balaban J connectivity index is 1.75. The first-order chi connectivity index (χ1) is 10.9. The summed E-state index contributed by atoms with van der Waals surface area (Å²) in [6, 6.07) is 16.3. The highest BCUT2D eigenvalue weighted by Crippen LogP contribution is 2.21. The lowest BCUT2D eigenvalue weighted by molar-refractivity contribution is 0.417. The normalized spacial score (nSPS) is 12.1. The van der Waals surface area contributed by atoms with E-state index in [2.05, 4.69) is 0 Å². The molecule has 0 aliphatic rings. The molecule has 1 aromatic heterocycles. The number of hydrogen-bond donors (Lipinski definition) is 0. The van der Waals surface area contributed by atoms with E-state index in [9.17, 15) is 8.42 Å². The Hall–Kier alpha value is -1.82. The number of sulfonamides is 1. The Morgan fingerprint density at radius 2 is 1.78 bits per heavy atom. The van der Waals surface area contributed by atoms with Gasteiger partial charge in [0.1, 0.15) is 11.3 Å². The topological polar surface area (TPSA) is 50.5 Å². The van der Waals surface area contributed by atoms with Gasteiger partial charge < -0.3 is 4.42 Å². The van der Waals surface area contributed by atoms with Gasteiger partial charge in [0.25, 0.3) is 0 Å². The number of hydrogen-bond acceptors (Lipinski definition) is 3. The van der Waals surface area contributed by atoms with Crippen LogP contribution in [-0.4, -0.2) is 19.8 Å². The number of benzene rings is 2. The number of furan rings is 1. The average molecular weight is 350 g/mol. The summed E-state index contributed by atoms with van der Waals surface area (Å²) in [4.78, 5) is 0. The van der Waals surface area contributed by atoms with Gasteiger partial charge in [-0.25, -0.2) is 8.42 Å². The van der Waals surface area contributed by atoms with Crippen LogP contribution in [-0.2, 0) is 22.3 Å². The third kappa shape index (κ3) is 3.75. The Bertz CT molecular complexity index is 883. The smallest absolute Gasteiger partial charge is 0.218 e. The fourth-order valence-electron chi connectivity index (χ4n) is 2.33. The molecule has 0 bridgehead atoms. The van der Waals surface area contributed by atoms with Crippen LogP contribution in [0.5, 0.6) is 0 Å². The molecule has 2 aromatic carbocycles. The van der Waals surface area contributed by atoms with Crippen molar-refractivity contribution in [3.8, 4) is 0 Å². The minimum Gasteiger partial charge on any atom is -0.460 e. The SMILES string of the molecule is CN(Cc1cc2ccccc2o1)S(=O)(=O)Cc1ccc(Cl)cc1. The van der Waals surface area contributed by atoms with Gasteiger partial charge in [-0.1, -0.05) is 41.9 Å². The van der Waals surface area contributed by atoms with Crippen LogP contribution >= 0.6 is 11.6 Å². The molecule has 0 amide bonds. The molecule has 0 aliphatic heterocycles. The van der Waals surface area contributed by atoms with E-state index in [0.717, 1.165) is 11.0 Å². The van der Waals surface area contributed by atoms with Crippen molar-refractivity contribution >= 4 is 32.6 Å². The van der Waals surface area contributed by atoms with E-state index in [1.165, 1.54) is 4.31 Å². The van der Waals surface area contributed by atoms with Gasteiger partial charge in [-0.2, -0.15) is 4.31 Å². The molecule has 6 heteroatoms. The predicted octanol–water partition coefficient (Wildman–Crippen LogP) is 4.05. The van der Waals surface area contributed by atoms with E-state index in [1.54, 1.807) is 31.3 Å². The molecule has 3 aromatic rings. The van der Waals surface area contributed by atoms with Crippen LogP contribution in [0.1, 0.15) is 11.3 Å². The molecule has 0 radical (unpaired) electrons. The Morgan fingerprint density at radius 1 is 1.09 bits per heavy atom. The lowest BCUT2D eigenvalue weighted by Crippen LogP contribution is -2.27. The van der Waals surface area contributed by atoms with Crippen LogP contribution in [0.25, 0.3) is 11.0 Å². The average Bonchev–Trinajstić information content (AvgIpc) is 2.91. The third-order valence-corrected chi connectivity index (χ3v) is 5.62. The van der Waals surface area contributed by atoms with Crippen molar-refractivity contribution in [2.75, 3.05) is 7.05 Å². The second-order valence-electron chi connectivity index (χ2n) is 5.39. The van der Waals surface area contributed by atoms with Gasteiger partial charge in [-0.15, -0.1) is 0 Å². The molecule has 0 atom stereocenters. The maximum absolute atomic E-state index is 12.5. The summed E-state index contributed by atoms with van der Waals surface area (Å²) in [7, 11) is -1.88. The number of nitrogens with zero attached hydrogens (tertiary/aromatic N) is 1. The molecule has 0 spiro atoms. The van der Waals surface area contributed by atoms with Crippen LogP contribution in [0.3, 0.4) is 0 Å².